The van der Waals surface area contributed by atoms with Crippen LogP contribution in [0.3, 0.4) is 0 Å². The van der Waals surface area contributed by atoms with Gasteiger partial charge in [0.15, 0.2) is 0 Å². The van der Waals surface area contributed by atoms with Gasteiger partial charge < -0.3 is 10.6 Å². The Balaban J connectivity index is 1.93. The average Bonchev–Trinajstić information content (AvgIpc) is 2.44. The lowest BCUT2D eigenvalue weighted by Crippen LogP contribution is -2.11. The molecular formula is C13H15N5O. The smallest absolute Gasteiger partial charge is 0.148 e. The molecule has 0 aliphatic carbocycles. The number of anilines is 2. The number of aromatic nitrogens is 3. The average molecular weight is 257 g/mol. The van der Waals surface area contributed by atoms with Gasteiger partial charge in [0, 0.05) is 25.0 Å². The van der Waals surface area contributed by atoms with E-state index in [0.29, 0.717) is 18.2 Å². The number of pyridine rings is 1. The van der Waals surface area contributed by atoms with Crippen molar-refractivity contribution < 1.29 is 4.79 Å². The number of nitrogens with one attached hydrogen (secondary N) is 2. The maximum absolute atomic E-state index is 10.9. The predicted molar refractivity (Wildman–Crippen MR) is 72.8 cm³/mol. The van der Waals surface area contributed by atoms with Crippen LogP contribution in [0.4, 0.5) is 11.6 Å². The molecule has 2 N–H and O–H groups in total. The third-order valence-corrected chi connectivity index (χ3v) is 2.38. The summed E-state index contributed by atoms with van der Waals surface area (Å²) < 4.78 is 0. The van der Waals surface area contributed by atoms with Crippen molar-refractivity contribution in [3.63, 3.8) is 0 Å². The van der Waals surface area contributed by atoms with E-state index in [1.54, 1.807) is 18.5 Å². The van der Waals surface area contributed by atoms with Gasteiger partial charge in [-0.05, 0) is 18.6 Å². The topological polar surface area (TPSA) is 79.8 Å². The fourth-order valence-corrected chi connectivity index (χ4v) is 1.46. The van der Waals surface area contributed by atoms with E-state index in [1.165, 1.54) is 13.3 Å². The number of ketones is 1. The largest absolute Gasteiger partial charge is 0.366 e. The van der Waals surface area contributed by atoms with Gasteiger partial charge in [-0.15, -0.1) is 0 Å². The third-order valence-electron chi connectivity index (χ3n) is 2.38. The molecule has 0 radical (unpaired) electrons. The van der Waals surface area contributed by atoms with E-state index >= 15 is 0 Å². The van der Waals surface area contributed by atoms with Gasteiger partial charge in [-0.3, -0.25) is 9.78 Å². The van der Waals surface area contributed by atoms with Crippen LogP contribution in [0.25, 0.3) is 0 Å². The summed E-state index contributed by atoms with van der Waals surface area (Å²) in [5, 5.41) is 6.10. The zero-order chi connectivity index (χ0) is 13.5. The Morgan fingerprint density at radius 2 is 2.05 bits per heavy atom. The Hall–Kier alpha value is -2.50. The number of hydrogen-bond donors (Lipinski definition) is 2. The van der Waals surface area contributed by atoms with E-state index in [4.69, 9.17) is 0 Å². The Kier molecular flexibility index (Phi) is 4.39. The molecule has 2 heterocycles. The molecule has 0 fully saturated rings. The van der Waals surface area contributed by atoms with Crippen molar-refractivity contribution >= 4 is 17.4 Å². The highest BCUT2D eigenvalue weighted by Gasteiger charge is 2.00. The quantitative estimate of drug-likeness (QED) is 0.816. The van der Waals surface area contributed by atoms with Gasteiger partial charge in [0.25, 0.3) is 0 Å². The van der Waals surface area contributed by atoms with E-state index < -0.39 is 0 Å². The summed E-state index contributed by atoms with van der Waals surface area (Å²) in [6.45, 7) is 2.42. The molecule has 2 aromatic heterocycles. The van der Waals surface area contributed by atoms with Crippen LogP contribution in [0, 0.1) is 0 Å². The zero-order valence-electron chi connectivity index (χ0n) is 10.6. The second-order valence-corrected chi connectivity index (χ2v) is 4.06. The van der Waals surface area contributed by atoms with Gasteiger partial charge in [-0.25, -0.2) is 9.97 Å². The number of rotatable bonds is 6. The van der Waals surface area contributed by atoms with Gasteiger partial charge in [-0.1, -0.05) is 6.07 Å². The molecule has 0 aliphatic heterocycles. The second kappa shape index (κ2) is 6.44. The number of nitrogens with zero attached hydrogens (tertiary/aromatic N) is 3. The molecule has 0 bridgehead atoms. The maximum Gasteiger partial charge on any atom is 0.148 e. The standard InChI is InChI=1S/C13H15N5O/c1-10(19)6-15-12-5-13(18-9-17-12)16-8-11-3-2-4-14-7-11/h2-5,7,9H,6,8H2,1H3,(H2,15,16,17,18). The fourth-order valence-electron chi connectivity index (χ4n) is 1.46. The summed E-state index contributed by atoms with van der Waals surface area (Å²) in [6, 6.07) is 5.63. The lowest BCUT2D eigenvalue weighted by atomic mass is 10.3. The molecule has 6 nitrogen and oxygen atoms in total. The molecule has 0 spiro atoms. The highest BCUT2D eigenvalue weighted by molar-refractivity contribution is 5.80. The van der Waals surface area contributed by atoms with Crippen LogP contribution in [0.2, 0.25) is 0 Å². The van der Waals surface area contributed by atoms with Crippen LogP contribution >= 0.6 is 0 Å². The first-order chi connectivity index (χ1) is 9.24. The van der Waals surface area contributed by atoms with Crippen LogP contribution in [0.1, 0.15) is 12.5 Å². The monoisotopic (exact) mass is 257 g/mol. The Morgan fingerprint density at radius 3 is 2.74 bits per heavy atom. The molecule has 0 aromatic carbocycles. The van der Waals surface area contributed by atoms with Crippen molar-refractivity contribution in [2.45, 2.75) is 13.5 Å². The molecule has 19 heavy (non-hydrogen) atoms. The van der Waals surface area contributed by atoms with Gasteiger partial charge in [0.2, 0.25) is 0 Å². The molecule has 0 amide bonds. The van der Waals surface area contributed by atoms with Crippen molar-refractivity contribution in [1.29, 1.82) is 0 Å². The van der Waals surface area contributed by atoms with Crippen molar-refractivity contribution in [2.24, 2.45) is 0 Å². The minimum absolute atomic E-state index is 0.0588. The number of Topliss-reactive ketones (excluding diaryl/α,β-unsaturated/α-hetero) is 1. The highest BCUT2D eigenvalue weighted by atomic mass is 16.1. The summed E-state index contributed by atoms with van der Waals surface area (Å²) in [5.41, 5.74) is 1.07. The van der Waals surface area contributed by atoms with Gasteiger partial charge in [0.05, 0.1) is 6.54 Å². The first-order valence-electron chi connectivity index (χ1n) is 5.92. The van der Waals surface area contributed by atoms with E-state index in [1.807, 2.05) is 12.1 Å². The number of carbonyl (C=O) groups excluding carboxylic acids is 1. The maximum atomic E-state index is 10.9. The van der Waals surface area contributed by atoms with Gasteiger partial charge in [0.1, 0.15) is 23.7 Å². The van der Waals surface area contributed by atoms with E-state index in [0.717, 1.165) is 5.56 Å². The van der Waals surface area contributed by atoms with E-state index in [-0.39, 0.29) is 12.3 Å². The zero-order valence-corrected chi connectivity index (χ0v) is 10.6. The van der Waals surface area contributed by atoms with E-state index in [2.05, 4.69) is 25.6 Å². The van der Waals surface area contributed by atoms with Crippen LogP contribution < -0.4 is 10.6 Å². The predicted octanol–water partition coefficient (Wildman–Crippen LogP) is 1.48. The molecule has 98 valence electrons. The Labute approximate surface area is 111 Å². The van der Waals surface area contributed by atoms with Crippen LogP contribution in [0.5, 0.6) is 0 Å². The van der Waals surface area contributed by atoms with Gasteiger partial charge in [-0.2, -0.15) is 0 Å². The van der Waals surface area contributed by atoms with Crippen molar-refractivity contribution in [1.82, 2.24) is 15.0 Å². The molecule has 2 rings (SSSR count). The normalized spacial score (nSPS) is 9.95. The lowest BCUT2D eigenvalue weighted by molar-refractivity contribution is -0.115. The highest BCUT2D eigenvalue weighted by Crippen LogP contribution is 2.09. The summed E-state index contributed by atoms with van der Waals surface area (Å²) in [6.07, 6.45) is 4.98. The second-order valence-electron chi connectivity index (χ2n) is 4.06. The molecular weight excluding hydrogens is 242 g/mol. The van der Waals surface area contributed by atoms with Crippen LogP contribution in [-0.2, 0) is 11.3 Å². The summed E-state index contributed by atoms with van der Waals surface area (Å²) >= 11 is 0. The molecule has 0 saturated heterocycles. The van der Waals surface area contributed by atoms with Crippen LogP contribution in [0.15, 0.2) is 36.9 Å². The fraction of sp³-hybridized carbons (Fsp3) is 0.231. The first-order valence-corrected chi connectivity index (χ1v) is 5.92. The molecule has 0 atom stereocenters. The van der Waals surface area contributed by atoms with Crippen molar-refractivity contribution in [2.75, 3.05) is 17.2 Å². The summed E-state index contributed by atoms with van der Waals surface area (Å²) in [4.78, 5) is 23.1. The van der Waals surface area contributed by atoms with Crippen molar-refractivity contribution in [3.05, 3.63) is 42.5 Å². The molecule has 2 aromatic rings. The number of carbonyl (C=O) groups is 1. The minimum atomic E-state index is 0.0588. The molecule has 6 heteroatoms. The summed E-state index contributed by atoms with van der Waals surface area (Å²) in [7, 11) is 0. The van der Waals surface area contributed by atoms with Crippen LogP contribution in [-0.4, -0.2) is 27.3 Å². The SMILES string of the molecule is CC(=O)CNc1cc(NCc2cccnc2)ncn1. The molecule has 0 saturated carbocycles. The minimum Gasteiger partial charge on any atom is -0.366 e. The first kappa shape index (κ1) is 12.9. The molecule has 0 unspecified atom stereocenters. The Bertz CT molecular complexity index is 544. The number of hydrogen-bond acceptors (Lipinski definition) is 6. The molecule has 0 aliphatic rings. The van der Waals surface area contributed by atoms with Crippen molar-refractivity contribution in [3.8, 4) is 0 Å². The third kappa shape index (κ3) is 4.34. The Morgan fingerprint density at radius 1 is 1.26 bits per heavy atom. The lowest BCUT2D eigenvalue weighted by Gasteiger charge is -2.07. The van der Waals surface area contributed by atoms with E-state index in [9.17, 15) is 4.79 Å². The van der Waals surface area contributed by atoms with Gasteiger partial charge >= 0.3 is 0 Å². The summed E-state index contributed by atoms with van der Waals surface area (Å²) in [5.74, 6) is 1.38.